The SMILES string of the molecule is CCCCOP(=O)(OC(C)C)OC(C)C. The van der Waals surface area contributed by atoms with E-state index in [-0.39, 0.29) is 12.2 Å². The van der Waals surface area contributed by atoms with Crippen LogP contribution in [0.1, 0.15) is 47.5 Å². The van der Waals surface area contributed by atoms with Crippen molar-refractivity contribution in [1.29, 1.82) is 0 Å². The van der Waals surface area contributed by atoms with Crippen molar-refractivity contribution in [3.05, 3.63) is 0 Å². The summed E-state index contributed by atoms with van der Waals surface area (Å²) >= 11 is 0. The number of hydrogen-bond donors (Lipinski definition) is 0. The van der Waals surface area contributed by atoms with Crippen LogP contribution in [0.15, 0.2) is 0 Å². The maximum atomic E-state index is 12.0. The number of phosphoric ester groups is 1. The Bertz CT molecular complexity index is 190. The zero-order valence-corrected chi connectivity index (χ0v) is 11.3. The summed E-state index contributed by atoms with van der Waals surface area (Å²) in [5.74, 6) is 0. The second-order valence-electron chi connectivity index (χ2n) is 3.94. The van der Waals surface area contributed by atoms with Gasteiger partial charge >= 0.3 is 7.82 Å². The Labute approximate surface area is 92.9 Å². The van der Waals surface area contributed by atoms with Gasteiger partial charge in [0.05, 0.1) is 18.8 Å². The smallest absolute Gasteiger partial charge is 0.287 e. The molecule has 0 aromatic carbocycles. The fourth-order valence-corrected chi connectivity index (χ4v) is 2.48. The average molecular weight is 238 g/mol. The normalized spacial score (nSPS) is 12.7. The highest BCUT2D eigenvalue weighted by molar-refractivity contribution is 7.48. The molecule has 5 heteroatoms. The van der Waals surface area contributed by atoms with Crippen LogP contribution in [0.4, 0.5) is 0 Å². The number of hydrogen-bond acceptors (Lipinski definition) is 4. The molecule has 0 bridgehead atoms. The van der Waals surface area contributed by atoms with Gasteiger partial charge in [-0.1, -0.05) is 13.3 Å². The van der Waals surface area contributed by atoms with Gasteiger partial charge in [0, 0.05) is 0 Å². The molecule has 0 unspecified atom stereocenters. The molecule has 0 aliphatic carbocycles. The molecule has 92 valence electrons. The summed E-state index contributed by atoms with van der Waals surface area (Å²) in [7, 11) is -3.36. The number of unbranched alkanes of at least 4 members (excludes halogenated alkanes) is 1. The molecule has 0 aliphatic heterocycles. The van der Waals surface area contributed by atoms with Crippen LogP contribution in [-0.2, 0) is 18.1 Å². The second kappa shape index (κ2) is 7.39. The molecule has 0 heterocycles. The fraction of sp³-hybridized carbons (Fsp3) is 1.00. The van der Waals surface area contributed by atoms with E-state index in [9.17, 15) is 4.57 Å². The molecule has 0 fully saturated rings. The van der Waals surface area contributed by atoms with Crippen LogP contribution in [-0.4, -0.2) is 18.8 Å². The van der Waals surface area contributed by atoms with Gasteiger partial charge in [-0.05, 0) is 34.1 Å². The highest BCUT2D eigenvalue weighted by atomic mass is 31.2. The molecule has 0 spiro atoms. The van der Waals surface area contributed by atoms with Gasteiger partial charge < -0.3 is 0 Å². The van der Waals surface area contributed by atoms with Gasteiger partial charge in [0.1, 0.15) is 0 Å². The Balaban J connectivity index is 4.21. The average Bonchev–Trinajstić information content (AvgIpc) is 2.00. The van der Waals surface area contributed by atoms with Crippen molar-refractivity contribution in [2.24, 2.45) is 0 Å². The zero-order valence-electron chi connectivity index (χ0n) is 10.4. The fourth-order valence-electron chi connectivity index (χ4n) is 0.923. The van der Waals surface area contributed by atoms with E-state index in [2.05, 4.69) is 0 Å². The predicted octanol–water partition coefficient (Wildman–Crippen LogP) is 3.76. The van der Waals surface area contributed by atoms with Gasteiger partial charge in [0.25, 0.3) is 0 Å². The third-order valence-corrected chi connectivity index (χ3v) is 3.29. The van der Waals surface area contributed by atoms with Crippen molar-refractivity contribution in [3.8, 4) is 0 Å². The molecule has 0 saturated carbocycles. The first-order chi connectivity index (χ1) is 6.89. The summed E-state index contributed by atoms with van der Waals surface area (Å²) in [6.45, 7) is 9.67. The van der Waals surface area contributed by atoms with Gasteiger partial charge in [-0.25, -0.2) is 4.57 Å². The number of phosphoric acid groups is 1. The summed E-state index contributed by atoms with van der Waals surface area (Å²) in [5, 5.41) is 0. The zero-order chi connectivity index (χ0) is 11.9. The minimum Gasteiger partial charge on any atom is -0.287 e. The van der Waals surface area contributed by atoms with Crippen molar-refractivity contribution < 1.29 is 18.1 Å². The second-order valence-corrected chi connectivity index (χ2v) is 5.52. The molecule has 15 heavy (non-hydrogen) atoms. The maximum Gasteiger partial charge on any atom is 0.475 e. The molecule has 0 saturated heterocycles. The molecule has 0 aliphatic rings. The van der Waals surface area contributed by atoms with E-state index >= 15 is 0 Å². The summed E-state index contributed by atoms with van der Waals surface area (Å²) in [5.41, 5.74) is 0. The topological polar surface area (TPSA) is 44.8 Å². The molecule has 0 aromatic heterocycles. The van der Waals surface area contributed by atoms with Crippen LogP contribution in [0.2, 0.25) is 0 Å². The van der Waals surface area contributed by atoms with E-state index in [1.165, 1.54) is 0 Å². The number of rotatable bonds is 8. The summed E-state index contributed by atoms with van der Waals surface area (Å²) < 4.78 is 27.7. The quantitative estimate of drug-likeness (QED) is 0.477. The first kappa shape index (κ1) is 15.1. The van der Waals surface area contributed by atoms with Crippen LogP contribution < -0.4 is 0 Å². The van der Waals surface area contributed by atoms with Crippen molar-refractivity contribution >= 4 is 7.82 Å². The van der Waals surface area contributed by atoms with Gasteiger partial charge in [-0.2, -0.15) is 0 Å². The van der Waals surface area contributed by atoms with Crippen LogP contribution in [0, 0.1) is 0 Å². The first-order valence-electron chi connectivity index (χ1n) is 5.51. The van der Waals surface area contributed by atoms with Crippen LogP contribution >= 0.6 is 7.82 Å². The molecule has 0 rings (SSSR count). The van der Waals surface area contributed by atoms with E-state index < -0.39 is 7.82 Å². The van der Waals surface area contributed by atoms with Crippen molar-refractivity contribution in [2.75, 3.05) is 6.61 Å². The molecule has 0 radical (unpaired) electrons. The molecule has 4 nitrogen and oxygen atoms in total. The monoisotopic (exact) mass is 238 g/mol. The molecule has 0 aromatic rings. The van der Waals surface area contributed by atoms with Crippen LogP contribution in [0.25, 0.3) is 0 Å². The molecular formula is C10H23O4P. The molecule has 0 atom stereocenters. The standard InChI is InChI=1S/C10H23O4P/c1-6-7-8-12-15(11,13-9(2)3)14-10(4)5/h9-10H,6-8H2,1-5H3. The lowest BCUT2D eigenvalue weighted by Gasteiger charge is -2.21. The Hall–Kier alpha value is 0.110. The van der Waals surface area contributed by atoms with E-state index in [1.807, 2.05) is 6.92 Å². The summed E-state index contributed by atoms with van der Waals surface area (Å²) in [4.78, 5) is 0. The summed E-state index contributed by atoms with van der Waals surface area (Å²) in [6, 6.07) is 0. The lowest BCUT2D eigenvalue weighted by Crippen LogP contribution is -2.10. The summed E-state index contributed by atoms with van der Waals surface area (Å²) in [6.07, 6.45) is 1.50. The first-order valence-corrected chi connectivity index (χ1v) is 6.97. The molecule has 0 N–H and O–H groups in total. The van der Waals surface area contributed by atoms with Gasteiger partial charge in [0.2, 0.25) is 0 Å². The van der Waals surface area contributed by atoms with Crippen LogP contribution in [0.5, 0.6) is 0 Å². The van der Waals surface area contributed by atoms with Crippen molar-refractivity contribution in [3.63, 3.8) is 0 Å². The Morgan fingerprint density at radius 3 is 1.87 bits per heavy atom. The lowest BCUT2D eigenvalue weighted by molar-refractivity contribution is 0.0715. The highest BCUT2D eigenvalue weighted by Gasteiger charge is 2.29. The van der Waals surface area contributed by atoms with Gasteiger partial charge in [0.15, 0.2) is 0 Å². The van der Waals surface area contributed by atoms with Gasteiger partial charge in [-0.3, -0.25) is 13.6 Å². The van der Waals surface area contributed by atoms with E-state index in [0.717, 1.165) is 12.8 Å². The molecule has 0 amide bonds. The Kier molecular flexibility index (Phi) is 7.45. The lowest BCUT2D eigenvalue weighted by atomic mass is 10.4. The van der Waals surface area contributed by atoms with Gasteiger partial charge in [-0.15, -0.1) is 0 Å². The Morgan fingerprint density at radius 2 is 1.53 bits per heavy atom. The highest BCUT2D eigenvalue weighted by Crippen LogP contribution is 2.51. The molecular weight excluding hydrogens is 215 g/mol. The third kappa shape index (κ3) is 7.97. The van der Waals surface area contributed by atoms with E-state index in [0.29, 0.717) is 6.61 Å². The third-order valence-electron chi connectivity index (χ3n) is 1.43. The van der Waals surface area contributed by atoms with Crippen molar-refractivity contribution in [2.45, 2.75) is 59.7 Å². The van der Waals surface area contributed by atoms with Crippen molar-refractivity contribution in [1.82, 2.24) is 0 Å². The maximum absolute atomic E-state index is 12.0. The predicted molar refractivity (Wildman–Crippen MR) is 60.9 cm³/mol. The Morgan fingerprint density at radius 1 is 1.07 bits per heavy atom. The minimum absolute atomic E-state index is 0.170. The largest absolute Gasteiger partial charge is 0.475 e. The minimum atomic E-state index is -3.36. The van der Waals surface area contributed by atoms with E-state index in [1.54, 1.807) is 27.7 Å². The van der Waals surface area contributed by atoms with E-state index in [4.69, 9.17) is 13.6 Å². The van der Waals surface area contributed by atoms with Crippen LogP contribution in [0.3, 0.4) is 0 Å².